The summed E-state index contributed by atoms with van der Waals surface area (Å²) in [6, 6.07) is 5.11. The summed E-state index contributed by atoms with van der Waals surface area (Å²) < 4.78 is 18.6. The first-order chi connectivity index (χ1) is 9.44. The van der Waals surface area contributed by atoms with E-state index in [4.69, 9.17) is 10.5 Å². The number of benzene rings is 1. The van der Waals surface area contributed by atoms with E-state index in [1.807, 2.05) is 13.1 Å². The van der Waals surface area contributed by atoms with Gasteiger partial charge in [0.2, 0.25) is 0 Å². The minimum absolute atomic E-state index is 0.120. The molecular weight excluding hydrogens is 255 g/mol. The second kappa shape index (κ2) is 7.60. The average molecular weight is 282 g/mol. The molecule has 1 atom stereocenters. The quantitative estimate of drug-likeness (QED) is 0.796. The SMILES string of the molecule is CCCC(C)(CN)CN(C)Cc1ccc(OC)c(F)c1. The third-order valence-corrected chi connectivity index (χ3v) is 3.67. The predicted octanol–water partition coefficient (Wildman–Crippen LogP) is 3.03. The van der Waals surface area contributed by atoms with Gasteiger partial charge in [-0.25, -0.2) is 4.39 Å². The Labute approximate surface area is 121 Å². The molecule has 4 heteroatoms. The Balaban J connectivity index is 2.66. The fraction of sp³-hybridized carbons (Fsp3) is 0.625. The van der Waals surface area contributed by atoms with E-state index in [9.17, 15) is 4.39 Å². The first kappa shape index (κ1) is 16.9. The minimum Gasteiger partial charge on any atom is -0.494 e. The maximum absolute atomic E-state index is 13.7. The molecule has 1 rings (SSSR count). The molecule has 0 fully saturated rings. The third kappa shape index (κ3) is 4.76. The van der Waals surface area contributed by atoms with E-state index in [1.54, 1.807) is 6.07 Å². The second-order valence-corrected chi connectivity index (χ2v) is 5.91. The van der Waals surface area contributed by atoms with E-state index in [1.165, 1.54) is 13.2 Å². The molecule has 0 aliphatic heterocycles. The van der Waals surface area contributed by atoms with Gasteiger partial charge < -0.3 is 15.4 Å². The second-order valence-electron chi connectivity index (χ2n) is 5.91. The van der Waals surface area contributed by atoms with Gasteiger partial charge in [-0.05, 0) is 43.1 Å². The molecular formula is C16H27FN2O. The van der Waals surface area contributed by atoms with E-state index in [0.29, 0.717) is 13.1 Å². The lowest BCUT2D eigenvalue weighted by molar-refractivity contribution is 0.179. The molecule has 0 saturated heterocycles. The van der Waals surface area contributed by atoms with Crippen LogP contribution in [-0.4, -0.2) is 32.1 Å². The van der Waals surface area contributed by atoms with Gasteiger partial charge in [0.05, 0.1) is 7.11 Å². The first-order valence-corrected chi connectivity index (χ1v) is 7.15. The highest BCUT2D eigenvalue weighted by Crippen LogP contribution is 2.24. The summed E-state index contributed by atoms with van der Waals surface area (Å²) in [4.78, 5) is 2.20. The molecule has 0 spiro atoms. The molecule has 0 aliphatic rings. The Morgan fingerprint density at radius 2 is 2.10 bits per heavy atom. The number of rotatable bonds is 8. The van der Waals surface area contributed by atoms with Crippen molar-refractivity contribution >= 4 is 0 Å². The van der Waals surface area contributed by atoms with Gasteiger partial charge in [-0.2, -0.15) is 0 Å². The Morgan fingerprint density at radius 1 is 1.40 bits per heavy atom. The Kier molecular flexibility index (Phi) is 6.43. The van der Waals surface area contributed by atoms with Gasteiger partial charge in [0.15, 0.2) is 11.6 Å². The van der Waals surface area contributed by atoms with Crippen molar-refractivity contribution in [3.05, 3.63) is 29.6 Å². The molecule has 1 aromatic carbocycles. The number of halogens is 1. The molecule has 0 heterocycles. The molecule has 0 bridgehead atoms. The highest BCUT2D eigenvalue weighted by molar-refractivity contribution is 5.29. The van der Waals surface area contributed by atoms with Crippen LogP contribution in [0, 0.1) is 11.2 Å². The van der Waals surface area contributed by atoms with Gasteiger partial charge in [0.1, 0.15) is 0 Å². The van der Waals surface area contributed by atoms with E-state index in [2.05, 4.69) is 18.7 Å². The molecule has 114 valence electrons. The number of hydrogen-bond donors (Lipinski definition) is 1. The highest BCUT2D eigenvalue weighted by atomic mass is 19.1. The molecule has 1 unspecified atom stereocenters. The molecule has 0 amide bonds. The Morgan fingerprint density at radius 3 is 2.60 bits per heavy atom. The lowest BCUT2D eigenvalue weighted by Gasteiger charge is -2.32. The van der Waals surface area contributed by atoms with Crippen molar-refractivity contribution in [2.75, 3.05) is 27.2 Å². The number of nitrogens with zero attached hydrogens (tertiary/aromatic N) is 1. The van der Waals surface area contributed by atoms with Gasteiger partial charge in [-0.15, -0.1) is 0 Å². The normalized spacial score (nSPS) is 14.3. The third-order valence-electron chi connectivity index (χ3n) is 3.67. The molecule has 0 aliphatic carbocycles. The van der Waals surface area contributed by atoms with Crippen LogP contribution in [0.15, 0.2) is 18.2 Å². The van der Waals surface area contributed by atoms with E-state index >= 15 is 0 Å². The van der Waals surface area contributed by atoms with Crippen molar-refractivity contribution in [2.24, 2.45) is 11.1 Å². The van der Waals surface area contributed by atoms with Crippen LogP contribution in [0.3, 0.4) is 0 Å². The molecule has 0 aromatic heterocycles. The Bertz CT molecular complexity index is 425. The summed E-state index contributed by atoms with van der Waals surface area (Å²) in [7, 11) is 3.52. The van der Waals surface area contributed by atoms with Crippen molar-refractivity contribution in [3.63, 3.8) is 0 Å². The monoisotopic (exact) mass is 282 g/mol. The molecule has 0 radical (unpaired) electrons. The lowest BCUT2D eigenvalue weighted by Crippen LogP contribution is -2.38. The van der Waals surface area contributed by atoms with Gasteiger partial charge in [0.25, 0.3) is 0 Å². The number of nitrogens with two attached hydrogens (primary N) is 1. The van der Waals surface area contributed by atoms with Crippen molar-refractivity contribution in [1.29, 1.82) is 0 Å². The zero-order chi connectivity index (χ0) is 15.2. The van der Waals surface area contributed by atoms with E-state index in [0.717, 1.165) is 24.9 Å². The van der Waals surface area contributed by atoms with Crippen LogP contribution in [0.2, 0.25) is 0 Å². The topological polar surface area (TPSA) is 38.5 Å². The lowest BCUT2D eigenvalue weighted by atomic mass is 9.85. The summed E-state index contributed by atoms with van der Waals surface area (Å²) >= 11 is 0. The Hall–Kier alpha value is -1.13. The van der Waals surface area contributed by atoms with E-state index < -0.39 is 0 Å². The zero-order valence-corrected chi connectivity index (χ0v) is 13.1. The smallest absolute Gasteiger partial charge is 0.165 e. The van der Waals surface area contributed by atoms with Crippen LogP contribution in [0.5, 0.6) is 5.75 Å². The van der Waals surface area contributed by atoms with Crippen LogP contribution in [0.1, 0.15) is 32.3 Å². The zero-order valence-electron chi connectivity index (χ0n) is 13.1. The van der Waals surface area contributed by atoms with Crippen LogP contribution in [0.4, 0.5) is 4.39 Å². The van der Waals surface area contributed by atoms with E-state index in [-0.39, 0.29) is 17.0 Å². The predicted molar refractivity (Wildman–Crippen MR) is 81.4 cm³/mol. The van der Waals surface area contributed by atoms with Crippen LogP contribution in [0.25, 0.3) is 0 Å². The molecule has 2 N–H and O–H groups in total. The molecule has 3 nitrogen and oxygen atoms in total. The summed E-state index contributed by atoms with van der Waals surface area (Å²) in [6.07, 6.45) is 2.23. The minimum atomic E-state index is -0.312. The number of methoxy groups -OCH3 is 1. The van der Waals surface area contributed by atoms with Crippen molar-refractivity contribution in [2.45, 2.75) is 33.2 Å². The van der Waals surface area contributed by atoms with Crippen molar-refractivity contribution in [3.8, 4) is 5.75 Å². The van der Waals surface area contributed by atoms with Crippen LogP contribution in [-0.2, 0) is 6.54 Å². The maximum Gasteiger partial charge on any atom is 0.165 e. The summed E-state index contributed by atoms with van der Waals surface area (Å²) in [5.41, 5.74) is 6.96. The van der Waals surface area contributed by atoms with Crippen LogP contribution < -0.4 is 10.5 Å². The standard InChI is InChI=1S/C16H27FN2O/c1-5-8-16(2,11-18)12-19(3)10-13-6-7-15(20-4)14(17)9-13/h6-7,9H,5,8,10-12,18H2,1-4H3. The van der Waals surface area contributed by atoms with Crippen molar-refractivity contribution < 1.29 is 9.13 Å². The van der Waals surface area contributed by atoms with Gasteiger partial charge in [-0.3, -0.25) is 0 Å². The number of hydrogen-bond acceptors (Lipinski definition) is 3. The van der Waals surface area contributed by atoms with Crippen molar-refractivity contribution in [1.82, 2.24) is 4.90 Å². The largest absolute Gasteiger partial charge is 0.494 e. The summed E-state index contributed by atoms with van der Waals surface area (Å²) in [5.74, 6) is -0.0253. The maximum atomic E-state index is 13.7. The fourth-order valence-electron chi connectivity index (χ4n) is 2.68. The van der Waals surface area contributed by atoms with Gasteiger partial charge >= 0.3 is 0 Å². The van der Waals surface area contributed by atoms with Gasteiger partial charge in [0, 0.05) is 13.1 Å². The first-order valence-electron chi connectivity index (χ1n) is 7.15. The fourth-order valence-corrected chi connectivity index (χ4v) is 2.68. The molecule has 20 heavy (non-hydrogen) atoms. The van der Waals surface area contributed by atoms with Gasteiger partial charge in [-0.1, -0.05) is 26.3 Å². The average Bonchev–Trinajstić information content (AvgIpc) is 2.39. The van der Waals surface area contributed by atoms with Crippen LogP contribution >= 0.6 is 0 Å². The molecule has 0 saturated carbocycles. The number of ether oxygens (including phenoxy) is 1. The highest BCUT2D eigenvalue weighted by Gasteiger charge is 2.23. The summed E-state index contributed by atoms with van der Waals surface area (Å²) in [6.45, 7) is 6.67. The summed E-state index contributed by atoms with van der Waals surface area (Å²) in [5, 5.41) is 0. The molecule has 1 aromatic rings.